The van der Waals surface area contributed by atoms with Crippen molar-refractivity contribution in [3.8, 4) is 0 Å². The van der Waals surface area contributed by atoms with E-state index < -0.39 is 10.7 Å². The molecule has 0 N–H and O–H groups in total. The first kappa shape index (κ1) is 16.7. The summed E-state index contributed by atoms with van der Waals surface area (Å²) in [4.78, 5) is 12.2. The summed E-state index contributed by atoms with van der Waals surface area (Å²) >= 11 is 0. The SMILES string of the molecule is CC.Cc1cc([N+](=O)[O-])cc(F)c1N(C)C1CC2CC(C2)C1. The zero-order valence-electron chi connectivity index (χ0n) is 13.8. The largest absolute Gasteiger partial charge is 0.369 e. The highest BCUT2D eigenvalue weighted by Crippen LogP contribution is 2.47. The average Bonchev–Trinajstić information content (AvgIpc) is 2.47. The van der Waals surface area contributed by atoms with Gasteiger partial charge < -0.3 is 4.90 Å². The van der Waals surface area contributed by atoms with E-state index in [9.17, 15) is 14.5 Å². The standard InChI is InChI=1S/C15H19FN2O2.C2H6/c1-9-3-13(18(19)20)8-14(16)15(9)17(2)12-6-10-4-11(5-10)7-12;1-2/h3,8,10-12H,4-7H2,1-2H3;1-2H3. The van der Waals surface area contributed by atoms with Gasteiger partial charge in [-0.25, -0.2) is 4.39 Å². The second-order valence-corrected chi connectivity index (χ2v) is 6.29. The maximum Gasteiger partial charge on any atom is 0.272 e. The number of hydrogen-bond donors (Lipinski definition) is 0. The van der Waals surface area contributed by atoms with E-state index in [4.69, 9.17) is 0 Å². The fourth-order valence-electron chi connectivity index (χ4n) is 3.89. The van der Waals surface area contributed by atoms with Crippen LogP contribution in [0.4, 0.5) is 15.8 Å². The summed E-state index contributed by atoms with van der Waals surface area (Å²) in [6.45, 7) is 5.74. The van der Waals surface area contributed by atoms with Gasteiger partial charge in [0, 0.05) is 19.2 Å². The first-order valence-corrected chi connectivity index (χ1v) is 8.13. The summed E-state index contributed by atoms with van der Waals surface area (Å²) in [7, 11) is 1.91. The van der Waals surface area contributed by atoms with E-state index in [0.29, 0.717) is 17.3 Å². The lowest BCUT2D eigenvalue weighted by Gasteiger charge is -2.48. The summed E-state index contributed by atoms with van der Waals surface area (Å²) in [5, 5.41) is 10.8. The molecule has 4 nitrogen and oxygen atoms in total. The molecular weight excluding hydrogens is 283 g/mol. The van der Waals surface area contributed by atoms with Gasteiger partial charge in [0.1, 0.15) is 0 Å². The Morgan fingerprint density at radius 1 is 1.18 bits per heavy atom. The van der Waals surface area contributed by atoms with Crippen molar-refractivity contribution in [1.29, 1.82) is 0 Å². The van der Waals surface area contributed by atoms with Crippen LogP contribution in [0, 0.1) is 34.7 Å². The van der Waals surface area contributed by atoms with Crippen LogP contribution in [0.3, 0.4) is 0 Å². The van der Waals surface area contributed by atoms with Crippen molar-refractivity contribution < 1.29 is 9.31 Å². The molecule has 3 aliphatic carbocycles. The molecule has 1 aromatic rings. The summed E-state index contributed by atoms with van der Waals surface area (Å²) < 4.78 is 14.2. The van der Waals surface area contributed by atoms with Gasteiger partial charge in [-0.1, -0.05) is 13.8 Å². The molecule has 0 spiro atoms. The normalized spacial score (nSPS) is 25.6. The van der Waals surface area contributed by atoms with Crippen LogP contribution in [-0.4, -0.2) is 18.0 Å². The molecule has 0 saturated heterocycles. The second kappa shape index (κ2) is 6.63. The Balaban J connectivity index is 0.000000847. The Bertz CT molecular complexity index is 523. The smallest absolute Gasteiger partial charge is 0.272 e. The fourth-order valence-corrected chi connectivity index (χ4v) is 3.89. The summed E-state index contributed by atoms with van der Waals surface area (Å²) in [6.07, 6.45) is 4.88. The molecule has 0 aromatic heterocycles. The van der Waals surface area contributed by atoms with Crippen LogP contribution < -0.4 is 4.90 Å². The van der Waals surface area contributed by atoms with Crippen LogP contribution in [0.1, 0.15) is 45.1 Å². The summed E-state index contributed by atoms with van der Waals surface area (Å²) in [5.74, 6) is 1.10. The van der Waals surface area contributed by atoms with Gasteiger partial charge in [0.15, 0.2) is 5.82 Å². The third-order valence-electron chi connectivity index (χ3n) is 4.89. The molecule has 3 saturated carbocycles. The van der Waals surface area contributed by atoms with E-state index in [2.05, 4.69) is 0 Å². The molecule has 3 aliphatic rings. The number of anilines is 1. The maximum absolute atomic E-state index is 14.2. The van der Waals surface area contributed by atoms with E-state index in [0.717, 1.165) is 30.7 Å². The third-order valence-corrected chi connectivity index (χ3v) is 4.89. The van der Waals surface area contributed by atoms with E-state index in [-0.39, 0.29) is 5.69 Å². The van der Waals surface area contributed by atoms with Crippen molar-refractivity contribution in [1.82, 2.24) is 0 Å². The Hall–Kier alpha value is -1.65. The monoisotopic (exact) mass is 308 g/mol. The quantitative estimate of drug-likeness (QED) is 0.601. The molecule has 4 rings (SSSR count). The number of hydrogen-bond acceptors (Lipinski definition) is 3. The first-order valence-electron chi connectivity index (χ1n) is 8.13. The molecule has 0 aliphatic heterocycles. The molecule has 5 heteroatoms. The topological polar surface area (TPSA) is 46.4 Å². The molecule has 1 aromatic carbocycles. The molecule has 0 amide bonds. The zero-order chi connectivity index (χ0) is 16.4. The zero-order valence-corrected chi connectivity index (χ0v) is 13.8. The number of rotatable bonds is 3. The minimum Gasteiger partial charge on any atom is -0.369 e. The Labute approximate surface area is 131 Å². The minimum absolute atomic E-state index is 0.177. The number of nitrogens with zero attached hydrogens (tertiary/aromatic N) is 2. The van der Waals surface area contributed by atoms with Crippen molar-refractivity contribution in [3.05, 3.63) is 33.6 Å². The highest BCUT2D eigenvalue weighted by Gasteiger charge is 2.40. The lowest BCUT2D eigenvalue weighted by molar-refractivity contribution is -0.385. The molecule has 22 heavy (non-hydrogen) atoms. The fraction of sp³-hybridized carbons (Fsp3) is 0.647. The predicted octanol–water partition coefficient (Wildman–Crippen LogP) is 4.69. The van der Waals surface area contributed by atoms with Gasteiger partial charge in [-0.05, 0) is 50.0 Å². The van der Waals surface area contributed by atoms with Gasteiger partial charge in [0.05, 0.1) is 16.7 Å². The predicted molar refractivity (Wildman–Crippen MR) is 86.8 cm³/mol. The number of fused-ring (bicyclic) bond motifs is 2. The van der Waals surface area contributed by atoms with Crippen LogP contribution in [-0.2, 0) is 0 Å². The average molecular weight is 308 g/mol. The number of nitro groups is 1. The number of benzene rings is 1. The third kappa shape index (κ3) is 3.08. The molecule has 0 atom stereocenters. The number of nitro benzene ring substituents is 1. The summed E-state index contributed by atoms with van der Waals surface area (Å²) in [6, 6.07) is 2.85. The van der Waals surface area contributed by atoms with Crippen molar-refractivity contribution in [3.63, 3.8) is 0 Å². The number of non-ortho nitro benzene ring substituents is 1. The van der Waals surface area contributed by atoms with Crippen LogP contribution in [0.25, 0.3) is 0 Å². The van der Waals surface area contributed by atoms with Gasteiger partial charge >= 0.3 is 0 Å². The number of halogens is 1. The Kier molecular flexibility index (Phi) is 5.04. The van der Waals surface area contributed by atoms with Crippen LogP contribution in [0.15, 0.2) is 12.1 Å². The molecular formula is C17H25FN2O2. The van der Waals surface area contributed by atoms with Crippen LogP contribution in [0.2, 0.25) is 0 Å². The van der Waals surface area contributed by atoms with Gasteiger partial charge in [0.2, 0.25) is 0 Å². The van der Waals surface area contributed by atoms with E-state index in [1.54, 1.807) is 6.92 Å². The Morgan fingerprint density at radius 2 is 1.73 bits per heavy atom. The van der Waals surface area contributed by atoms with Gasteiger partial charge in [-0.15, -0.1) is 0 Å². The molecule has 2 bridgehead atoms. The van der Waals surface area contributed by atoms with E-state index in [1.165, 1.54) is 18.9 Å². The van der Waals surface area contributed by atoms with Gasteiger partial charge in [-0.3, -0.25) is 10.1 Å². The van der Waals surface area contributed by atoms with E-state index >= 15 is 0 Å². The lowest BCUT2D eigenvalue weighted by atomic mass is 9.63. The van der Waals surface area contributed by atoms with Crippen molar-refractivity contribution in [2.24, 2.45) is 11.8 Å². The molecule has 3 fully saturated rings. The minimum atomic E-state index is -0.546. The number of aryl methyl sites for hydroxylation is 1. The van der Waals surface area contributed by atoms with Crippen LogP contribution in [0.5, 0.6) is 0 Å². The maximum atomic E-state index is 14.2. The first-order chi connectivity index (χ1) is 10.5. The molecule has 0 heterocycles. The molecule has 0 unspecified atom stereocenters. The Morgan fingerprint density at radius 3 is 2.18 bits per heavy atom. The highest BCUT2D eigenvalue weighted by atomic mass is 19.1. The summed E-state index contributed by atoms with van der Waals surface area (Å²) in [5.41, 5.74) is 0.976. The van der Waals surface area contributed by atoms with Crippen molar-refractivity contribution in [2.45, 2.75) is 52.5 Å². The molecule has 0 radical (unpaired) electrons. The highest BCUT2D eigenvalue weighted by molar-refractivity contribution is 5.59. The molecule has 122 valence electrons. The lowest BCUT2D eigenvalue weighted by Crippen LogP contribution is -2.45. The van der Waals surface area contributed by atoms with Gasteiger partial charge in [-0.2, -0.15) is 0 Å². The van der Waals surface area contributed by atoms with Gasteiger partial charge in [0.25, 0.3) is 5.69 Å². The van der Waals surface area contributed by atoms with Crippen LogP contribution >= 0.6 is 0 Å². The van der Waals surface area contributed by atoms with Crippen molar-refractivity contribution >= 4 is 11.4 Å². The second-order valence-electron chi connectivity index (χ2n) is 6.29. The van der Waals surface area contributed by atoms with E-state index in [1.807, 2.05) is 25.8 Å². The van der Waals surface area contributed by atoms with Crippen molar-refractivity contribution in [2.75, 3.05) is 11.9 Å².